The minimum absolute atomic E-state index is 0.0850. The van der Waals surface area contributed by atoms with Crippen molar-refractivity contribution < 1.29 is 0 Å². The van der Waals surface area contributed by atoms with Crippen LogP contribution in [-0.2, 0) is 6.54 Å². The van der Waals surface area contributed by atoms with Gasteiger partial charge in [-0.2, -0.15) is 5.10 Å². The molecule has 0 aliphatic heterocycles. The molecular formula is C26H26N6OS. The van der Waals surface area contributed by atoms with Crippen LogP contribution in [0, 0.1) is 13.8 Å². The quantitative estimate of drug-likeness (QED) is 0.376. The van der Waals surface area contributed by atoms with Crippen LogP contribution in [0.2, 0.25) is 0 Å². The first-order chi connectivity index (χ1) is 16.4. The van der Waals surface area contributed by atoms with Gasteiger partial charge in [-0.15, -0.1) is 11.3 Å². The van der Waals surface area contributed by atoms with Gasteiger partial charge < -0.3 is 4.98 Å². The normalized spacial score (nSPS) is 12.5. The highest BCUT2D eigenvalue weighted by Crippen LogP contribution is 2.35. The summed E-state index contributed by atoms with van der Waals surface area (Å²) in [6.45, 7) is 6.80. The number of hydrogen-bond donors (Lipinski definition) is 1. The first-order valence-corrected chi connectivity index (χ1v) is 12.0. The maximum absolute atomic E-state index is 13.1. The number of aryl methyl sites for hydroxylation is 2. The van der Waals surface area contributed by atoms with Gasteiger partial charge >= 0.3 is 0 Å². The highest BCUT2D eigenvalue weighted by atomic mass is 32.1. The van der Waals surface area contributed by atoms with Crippen molar-refractivity contribution in [3.05, 3.63) is 93.4 Å². The summed E-state index contributed by atoms with van der Waals surface area (Å²) in [5.74, 6) is 0.669. The van der Waals surface area contributed by atoms with Crippen molar-refractivity contribution in [3.63, 3.8) is 0 Å². The highest BCUT2D eigenvalue weighted by Gasteiger charge is 2.18. The average molecular weight is 471 g/mol. The highest BCUT2D eigenvalue weighted by molar-refractivity contribution is 7.19. The van der Waals surface area contributed by atoms with Crippen LogP contribution in [0.5, 0.6) is 0 Å². The van der Waals surface area contributed by atoms with Gasteiger partial charge in [0.25, 0.3) is 5.56 Å². The van der Waals surface area contributed by atoms with E-state index in [1.54, 1.807) is 22.3 Å². The maximum atomic E-state index is 13.1. The van der Waals surface area contributed by atoms with Crippen LogP contribution in [0.3, 0.4) is 0 Å². The number of nitrogens with one attached hydrogen (secondary N) is 1. The van der Waals surface area contributed by atoms with E-state index in [-0.39, 0.29) is 11.6 Å². The van der Waals surface area contributed by atoms with Crippen LogP contribution in [0.4, 0.5) is 0 Å². The van der Waals surface area contributed by atoms with Gasteiger partial charge in [0.15, 0.2) is 0 Å². The summed E-state index contributed by atoms with van der Waals surface area (Å²) < 4.78 is 1.73. The number of rotatable bonds is 6. The summed E-state index contributed by atoms with van der Waals surface area (Å²) in [5.41, 5.74) is 5.27. The lowest BCUT2D eigenvalue weighted by molar-refractivity contribution is 0.247. The topological polar surface area (TPSA) is 79.7 Å². The molecule has 3 aromatic heterocycles. The van der Waals surface area contributed by atoms with Gasteiger partial charge in [-0.3, -0.25) is 9.69 Å². The molecule has 2 aromatic carbocycles. The Morgan fingerprint density at radius 2 is 1.82 bits per heavy atom. The van der Waals surface area contributed by atoms with E-state index < -0.39 is 0 Å². The van der Waals surface area contributed by atoms with Gasteiger partial charge in [-0.25, -0.2) is 14.6 Å². The van der Waals surface area contributed by atoms with Crippen LogP contribution in [0.15, 0.2) is 66.0 Å². The minimum Gasteiger partial charge on any atom is -0.309 e. The molecule has 0 unspecified atom stereocenters. The SMILES string of the molecule is Cc1ccc(-c2c(C)sc3nc(CN(C)[C@@H](C)c4ccc(-n5cncn5)cc4)[nH]c(=O)c23)cc1. The van der Waals surface area contributed by atoms with Crippen LogP contribution in [0.1, 0.15) is 34.8 Å². The molecule has 172 valence electrons. The molecule has 0 bridgehead atoms. The fourth-order valence-corrected chi connectivity index (χ4v) is 5.25. The largest absolute Gasteiger partial charge is 0.309 e. The average Bonchev–Trinajstić information content (AvgIpc) is 3.47. The van der Waals surface area contributed by atoms with Crippen molar-refractivity contribution in [2.24, 2.45) is 0 Å². The van der Waals surface area contributed by atoms with E-state index in [1.807, 2.05) is 19.2 Å². The lowest BCUT2D eigenvalue weighted by atomic mass is 10.0. The molecule has 1 N–H and O–H groups in total. The van der Waals surface area contributed by atoms with Gasteiger partial charge in [0, 0.05) is 16.5 Å². The van der Waals surface area contributed by atoms with Crippen LogP contribution in [0.25, 0.3) is 27.0 Å². The molecule has 3 heterocycles. The summed E-state index contributed by atoms with van der Waals surface area (Å²) in [4.78, 5) is 29.0. The minimum atomic E-state index is -0.0850. The molecule has 0 aliphatic carbocycles. The van der Waals surface area contributed by atoms with Crippen LogP contribution < -0.4 is 5.56 Å². The molecule has 5 aromatic rings. The first-order valence-electron chi connectivity index (χ1n) is 11.1. The fourth-order valence-electron chi connectivity index (χ4n) is 4.18. The van der Waals surface area contributed by atoms with Crippen molar-refractivity contribution in [2.45, 2.75) is 33.4 Å². The second-order valence-electron chi connectivity index (χ2n) is 8.61. The third-order valence-corrected chi connectivity index (χ3v) is 7.25. The van der Waals surface area contributed by atoms with E-state index in [9.17, 15) is 4.79 Å². The van der Waals surface area contributed by atoms with Crippen LogP contribution in [-0.4, -0.2) is 36.7 Å². The zero-order chi connectivity index (χ0) is 23.8. The molecule has 34 heavy (non-hydrogen) atoms. The Kier molecular flexibility index (Phi) is 5.85. The summed E-state index contributed by atoms with van der Waals surface area (Å²) in [7, 11) is 2.04. The Morgan fingerprint density at radius 3 is 2.50 bits per heavy atom. The molecule has 0 amide bonds. The predicted octanol–water partition coefficient (Wildman–Crippen LogP) is 5.04. The van der Waals surface area contributed by atoms with E-state index in [4.69, 9.17) is 4.98 Å². The predicted molar refractivity (Wildman–Crippen MR) is 136 cm³/mol. The molecule has 0 fully saturated rings. The van der Waals surface area contributed by atoms with Crippen molar-refractivity contribution >= 4 is 21.6 Å². The third kappa shape index (κ3) is 4.18. The Morgan fingerprint density at radius 1 is 1.09 bits per heavy atom. The zero-order valence-electron chi connectivity index (χ0n) is 19.6. The summed E-state index contributed by atoms with van der Waals surface area (Å²) >= 11 is 1.58. The monoisotopic (exact) mass is 470 g/mol. The number of hydrogen-bond acceptors (Lipinski definition) is 6. The maximum Gasteiger partial charge on any atom is 0.260 e. The summed E-state index contributed by atoms with van der Waals surface area (Å²) in [6, 6.07) is 16.7. The lowest BCUT2D eigenvalue weighted by Gasteiger charge is -2.24. The molecule has 7 nitrogen and oxygen atoms in total. The van der Waals surface area contributed by atoms with Crippen molar-refractivity contribution in [1.29, 1.82) is 0 Å². The van der Waals surface area contributed by atoms with Gasteiger partial charge in [-0.1, -0.05) is 42.0 Å². The summed E-state index contributed by atoms with van der Waals surface area (Å²) in [6.07, 6.45) is 3.20. The van der Waals surface area contributed by atoms with Crippen molar-refractivity contribution in [2.75, 3.05) is 7.05 Å². The standard InChI is InChI=1S/C26H26N6OS/c1-16-5-7-20(8-6-16)23-18(3)34-26-24(23)25(33)29-22(30-26)13-31(4)17(2)19-9-11-21(12-10-19)32-15-27-14-28-32/h5-12,14-15,17H,13H2,1-4H3,(H,29,30,33)/t17-/m0/s1. The molecule has 1 atom stereocenters. The van der Waals surface area contributed by atoms with Gasteiger partial charge in [0.2, 0.25) is 0 Å². The number of thiophene rings is 1. The number of H-pyrrole nitrogens is 1. The van der Waals surface area contributed by atoms with E-state index in [0.29, 0.717) is 17.8 Å². The van der Waals surface area contributed by atoms with E-state index in [0.717, 1.165) is 26.5 Å². The van der Waals surface area contributed by atoms with Crippen molar-refractivity contribution in [3.8, 4) is 16.8 Å². The summed E-state index contributed by atoms with van der Waals surface area (Å²) in [5, 5.41) is 4.85. The Balaban J connectivity index is 1.39. The molecular weight excluding hydrogens is 444 g/mol. The fraction of sp³-hybridized carbons (Fsp3) is 0.231. The van der Waals surface area contributed by atoms with Gasteiger partial charge in [-0.05, 0) is 51.1 Å². The molecule has 0 saturated carbocycles. The first kappa shape index (κ1) is 22.2. The van der Waals surface area contributed by atoms with E-state index >= 15 is 0 Å². The second kappa shape index (κ2) is 8.96. The number of aromatic amines is 1. The Labute approximate surface area is 201 Å². The Hall–Kier alpha value is -3.62. The van der Waals surface area contributed by atoms with E-state index in [1.165, 1.54) is 17.5 Å². The third-order valence-electron chi connectivity index (χ3n) is 6.25. The van der Waals surface area contributed by atoms with Gasteiger partial charge in [0.1, 0.15) is 23.3 Å². The number of fused-ring (bicyclic) bond motifs is 1. The van der Waals surface area contributed by atoms with Crippen molar-refractivity contribution in [1.82, 2.24) is 29.6 Å². The van der Waals surface area contributed by atoms with E-state index in [2.05, 4.69) is 77.1 Å². The molecule has 5 rings (SSSR count). The van der Waals surface area contributed by atoms with Gasteiger partial charge in [0.05, 0.1) is 17.6 Å². The zero-order valence-corrected chi connectivity index (χ0v) is 20.4. The molecule has 0 aliphatic rings. The Bertz CT molecular complexity index is 1480. The number of aromatic nitrogens is 5. The number of benzene rings is 2. The smallest absolute Gasteiger partial charge is 0.260 e. The molecule has 0 radical (unpaired) electrons. The van der Waals surface area contributed by atoms with Crippen LogP contribution >= 0.6 is 11.3 Å². The molecule has 8 heteroatoms. The molecule has 0 spiro atoms. The molecule has 0 saturated heterocycles. The second-order valence-corrected chi connectivity index (χ2v) is 9.82. The number of nitrogens with zero attached hydrogens (tertiary/aromatic N) is 5. The lowest BCUT2D eigenvalue weighted by Crippen LogP contribution is -2.25.